The molecule has 0 aliphatic heterocycles. The van der Waals surface area contributed by atoms with E-state index in [1.54, 1.807) is 17.8 Å². The number of aromatic nitrogens is 3. The highest BCUT2D eigenvalue weighted by Gasteiger charge is 2.11. The van der Waals surface area contributed by atoms with Crippen molar-refractivity contribution in [1.29, 1.82) is 0 Å². The van der Waals surface area contributed by atoms with E-state index >= 15 is 0 Å². The molecule has 2 heterocycles. The molecule has 18 heavy (non-hydrogen) atoms. The minimum absolute atomic E-state index is 0.0172. The van der Waals surface area contributed by atoms with Gasteiger partial charge in [-0.1, -0.05) is 18.2 Å². The Balaban J connectivity index is 2.48. The van der Waals surface area contributed by atoms with Crippen LogP contribution in [0.25, 0.3) is 22.2 Å². The molecule has 0 spiro atoms. The van der Waals surface area contributed by atoms with Gasteiger partial charge in [0.15, 0.2) is 0 Å². The first-order chi connectivity index (χ1) is 8.68. The molecule has 0 atom stereocenters. The zero-order valence-corrected chi connectivity index (χ0v) is 10.3. The zero-order chi connectivity index (χ0) is 12.7. The van der Waals surface area contributed by atoms with Crippen molar-refractivity contribution in [2.75, 3.05) is 0 Å². The van der Waals surface area contributed by atoms with Gasteiger partial charge in [0.2, 0.25) is 0 Å². The van der Waals surface area contributed by atoms with E-state index in [0.29, 0.717) is 0 Å². The molecule has 90 valence electrons. The number of imidazole rings is 1. The molecule has 0 unspecified atom stereocenters. The lowest BCUT2D eigenvalue weighted by molar-refractivity contribution is 0.865. The highest BCUT2D eigenvalue weighted by molar-refractivity contribution is 5.94. The standard InChI is InChI=1S/C14H13N3O/c1-16-8-7-15-13(16)12-9-17(2)14(18)11-6-4-3-5-10(11)12/h3-9H,1-2H3. The van der Waals surface area contributed by atoms with Crippen molar-refractivity contribution < 1.29 is 0 Å². The van der Waals surface area contributed by atoms with Crippen LogP contribution in [0.1, 0.15) is 0 Å². The Bertz CT molecular complexity index is 783. The van der Waals surface area contributed by atoms with Crippen molar-refractivity contribution in [1.82, 2.24) is 14.1 Å². The van der Waals surface area contributed by atoms with E-state index in [0.717, 1.165) is 22.2 Å². The van der Waals surface area contributed by atoms with Gasteiger partial charge in [-0.25, -0.2) is 4.98 Å². The van der Waals surface area contributed by atoms with E-state index in [1.807, 2.05) is 48.3 Å². The summed E-state index contributed by atoms with van der Waals surface area (Å²) in [7, 11) is 3.71. The number of fused-ring (bicyclic) bond motifs is 1. The normalized spacial score (nSPS) is 11.0. The van der Waals surface area contributed by atoms with Crippen molar-refractivity contribution in [2.45, 2.75) is 0 Å². The Morgan fingerprint density at radius 1 is 1.06 bits per heavy atom. The summed E-state index contributed by atoms with van der Waals surface area (Å²) in [5.74, 6) is 0.863. The second-order valence-electron chi connectivity index (χ2n) is 4.37. The maximum atomic E-state index is 12.1. The first-order valence-electron chi connectivity index (χ1n) is 5.74. The third-order valence-corrected chi connectivity index (χ3v) is 3.15. The topological polar surface area (TPSA) is 39.8 Å². The van der Waals surface area contributed by atoms with Crippen molar-refractivity contribution in [3.8, 4) is 11.4 Å². The molecule has 0 saturated heterocycles. The van der Waals surface area contributed by atoms with Crippen LogP contribution >= 0.6 is 0 Å². The Morgan fingerprint density at radius 3 is 2.44 bits per heavy atom. The van der Waals surface area contributed by atoms with Crippen LogP contribution in [-0.2, 0) is 14.1 Å². The molecule has 1 aromatic carbocycles. The van der Waals surface area contributed by atoms with Gasteiger partial charge in [-0.2, -0.15) is 0 Å². The molecule has 0 N–H and O–H groups in total. The van der Waals surface area contributed by atoms with E-state index in [-0.39, 0.29) is 5.56 Å². The number of hydrogen-bond donors (Lipinski definition) is 0. The quantitative estimate of drug-likeness (QED) is 0.651. The van der Waals surface area contributed by atoms with Crippen LogP contribution in [0.4, 0.5) is 0 Å². The maximum Gasteiger partial charge on any atom is 0.258 e. The average Bonchev–Trinajstić information content (AvgIpc) is 2.80. The Morgan fingerprint density at radius 2 is 1.78 bits per heavy atom. The first-order valence-corrected chi connectivity index (χ1v) is 5.74. The lowest BCUT2D eigenvalue weighted by Crippen LogP contribution is -2.16. The predicted molar refractivity (Wildman–Crippen MR) is 71.4 cm³/mol. The SMILES string of the molecule is Cn1ccnc1-c1cn(C)c(=O)c2ccccc12. The molecule has 0 aliphatic rings. The molecular formula is C14H13N3O. The summed E-state index contributed by atoms with van der Waals surface area (Å²) in [4.78, 5) is 16.4. The van der Waals surface area contributed by atoms with Gasteiger partial charge in [0, 0.05) is 43.6 Å². The molecular weight excluding hydrogens is 226 g/mol. The molecule has 0 saturated carbocycles. The lowest BCUT2D eigenvalue weighted by Gasteiger charge is -2.09. The Labute approximate surface area is 104 Å². The van der Waals surface area contributed by atoms with Crippen LogP contribution in [0.3, 0.4) is 0 Å². The van der Waals surface area contributed by atoms with Crippen LogP contribution in [-0.4, -0.2) is 14.1 Å². The van der Waals surface area contributed by atoms with Crippen LogP contribution < -0.4 is 5.56 Å². The minimum atomic E-state index is 0.0172. The van der Waals surface area contributed by atoms with Gasteiger partial charge in [0.25, 0.3) is 5.56 Å². The zero-order valence-electron chi connectivity index (χ0n) is 10.3. The highest BCUT2D eigenvalue weighted by Crippen LogP contribution is 2.24. The molecule has 0 bridgehead atoms. The minimum Gasteiger partial charge on any atom is -0.334 e. The summed E-state index contributed by atoms with van der Waals surface area (Å²) in [6.45, 7) is 0. The summed E-state index contributed by atoms with van der Waals surface area (Å²) < 4.78 is 3.55. The van der Waals surface area contributed by atoms with Gasteiger partial charge in [-0.3, -0.25) is 4.79 Å². The molecule has 2 aromatic heterocycles. The van der Waals surface area contributed by atoms with E-state index in [9.17, 15) is 4.79 Å². The van der Waals surface area contributed by atoms with Gasteiger partial charge >= 0.3 is 0 Å². The van der Waals surface area contributed by atoms with Gasteiger partial charge in [-0.05, 0) is 11.5 Å². The summed E-state index contributed by atoms with van der Waals surface area (Å²) in [5, 5.41) is 1.66. The van der Waals surface area contributed by atoms with Gasteiger partial charge in [-0.15, -0.1) is 0 Å². The number of benzene rings is 1. The summed E-state index contributed by atoms with van der Waals surface area (Å²) in [6.07, 6.45) is 5.50. The molecule has 3 aromatic rings. The molecule has 0 fully saturated rings. The predicted octanol–water partition coefficient (Wildman–Crippen LogP) is 1.94. The molecule has 0 radical (unpaired) electrons. The summed E-state index contributed by atoms with van der Waals surface area (Å²) in [5.41, 5.74) is 0.990. The molecule has 0 amide bonds. The smallest absolute Gasteiger partial charge is 0.258 e. The largest absolute Gasteiger partial charge is 0.334 e. The van der Waals surface area contributed by atoms with E-state index in [1.165, 1.54) is 0 Å². The Hall–Kier alpha value is -2.36. The molecule has 3 rings (SSSR count). The third kappa shape index (κ3) is 1.46. The van der Waals surface area contributed by atoms with Gasteiger partial charge in [0.05, 0.1) is 0 Å². The van der Waals surface area contributed by atoms with Crippen LogP contribution in [0.2, 0.25) is 0 Å². The molecule has 4 heteroatoms. The van der Waals surface area contributed by atoms with Gasteiger partial charge < -0.3 is 9.13 Å². The third-order valence-electron chi connectivity index (χ3n) is 3.15. The van der Waals surface area contributed by atoms with Crippen molar-refractivity contribution in [3.63, 3.8) is 0 Å². The highest BCUT2D eigenvalue weighted by atomic mass is 16.1. The van der Waals surface area contributed by atoms with E-state index in [2.05, 4.69) is 4.98 Å². The number of rotatable bonds is 1. The Kier molecular flexibility index (Phi) is 2.30. The second-order valence-corrected chi connectivity index (χ2v) is 4.37. The fraction of sp³-hybridized carbons (Fsp3) is 0.143. The van der Waals surface area contributed by atoms with Gasteiger partial charge in [0.1, 0.15) is 5.82 Å². The average molecular weight is 239 g/mol. The lowest BCUT2D eigenvalue weighted by atomic mass is 10.1. The fourth-order valence-electron chi connectivity index (χ4n) is 2.22. The monoisotopic (exact) mass is 239 g/mol. The fourth-order valence-corrected chi connectivity index (χ4v) is 2.22. The number of hydrogen-bond acceptors (Lipinski definition) is 2. The van der Waals surface area contributed by atoms with Crippen molar-refractivity contribution in [2.24, 2.45) is 14.1 Å². The van der Waals surface area contributed by atoms with Crippen molar-refractivity contribution in [3.05, 3.63) is 53.2 Å². The van der Waals surface area contributed by atoms with Crippen LogP contribution in [0.15, 0.2) is 47.7 Å². The number of nitrogens with zero attached hydrogens (tertiary/aromatic N) is 3. The van der Waals surface area contributed by atoms with Crippen LogP contribution in [0, 0.1) is 0 Å². The maximum absolute atomic E-state index is 12.1. The number of aryl methyl sites for hydroxylation is 2. The van der Waals surface area contributed by atoms with Crippen molar-refractivity contribution >= 4 is 10.8 Å². The summed E-state index contributed by atoms with van der Waals surface area (Å²) >= 11 is 0. The first kappa shape index (κ1) is 10.8. The van der Waals surface area contributed by atoms with E-state index in [4.69, 9.17) is 0 Å². The number of pyridine rings is 1. The molecule has 4 nitrogen and oxygen atoms in total. The van der Waals surface area contributed by atoms with E-state index < -0.39 is 0 Å². The molecule has 0 aliphatic carbocycles. The second kappa shape index (κ2) is 3.84. The van der Waals surface area contributed by atoms with Crippen LogP contribution in [0.5, 0.6) is 0 Å². The summed E-state index contributed by atoms with van der Waals surface area (Å²) in [6, 6.07) is 7.63.